The molecule has 2 rings (SSSR count). The molecule has 0 saturated carbocycles. The second kappa shape index (κ2) is 11.5. The number of ether oxygens (including phenoxy) is 1. The Morgan fingerprint density at radius 3 is 2.79 bits per heavy atom. The maximum atomic E-state index is 13.3. The number of nitrogens with zero attached hydrogens (tertiary/aromatic N) is 2. The Morgan fingerprint density at radius 2 is 2.14 bits per heavy atom. The van der Waals surface area contributed by atoms with Crippen molar-refractivity contribution in [1.29, 1.82) is 0 Å². The van der Waals surface area contributed by atoms with Crippen molar-refractivity contribution in [3.05, 3.63) is 30.1 Å². The zero-order chi connectivity index (χ0) is 20.4. The molecule has 1 aromatic rings. The van der Waals surface area contributed by atoms with E-state index in [-0.39, 0.29) is 17.8 Å². The number of hydrogen-bond acceptors (Lipinski definition) is 4. The van der Waals surface area contributed by atoms with Crippen molar-refractivity contribution < 1.29 is 13.9 Å². The normalized spacial score (nSPS) is 17.1. The molecule has 28 heavy (non-hydrogen) atoms. The van der Waals surface area contributed by atoms with Gasteiger partial charge < -0.3 is 20.7 Å². The molecule has 3 N–H and O–H groups in total. The number of nitrogens with one attached hydrogen (secondary N) is 3. The summed E-state index contributed by atoms with van der Waals surface area (Å²) in [6, 6.07) is 6.44. The number of carbonyl (C=O) groups excluding carboxylic acids is 1. The first-order chi connectivity index (χ1) is 13.5. The highest BCUT2D eigenvalue weighted by molar-refractivity contribution is 5.80. The maximum absolute atomic E-state index is 13.3. The van der Waals surface area contributed by atoms with Gasteiger partial charge in [0.2, 0.25) is 5.91 Å². The smallest absolute Gasteiger partial charge is 0.233 e. The summed E-state index contributed by atoms with van der Waals surface area (Å²) in [4.78, 5) is 18.3. The van der Waals surface area contributed by atoms with Gasteiger partial charge in [-0.2, -0.15) is 0 Å². The van der Waals surface area contributed by atoms with Crippen LogP contribution in [0.4, 0.5) is 4.39 Å². The van der Waals surface area contributed by atoms with Gasteiger partial charge in [0, 0.05) is 38.8 Å². The molecule has 7 nitrogen and oxygen atoms in total. The molecule has 1 atom stereocenters. The molecule has 1 aromatic carbocycles. The number of likely N-dealkylation sites (N-methyl/N-ethyl adjacent to an activating group) is 1. The third-order valence-corrected chi connectivity index (χ3v) is 4.56. The third-order valence-electron chi connectivity index (χ3n) is 4.56. The van der Waals surface area contributed by atoms with Crippen LogP contribution in [-0.2, 0) is 4.79 Å². The Kier molecular flexibility index (Phi) is 9.00. The Balaban J connectivity index is 1.81. The van der Waals surface area contributed by atoms with E-state index in [1.807, 2.05) is 13.8 Å². The first-order valence-electron chi connectivity index (χ1n) is 9.90. The molecule has 1 fully saturated rings. The lowest BCUT2D eigenvalue weighted by molar-refractivity contribution is -0.122. The molecule has 0 bridgehead atoms. The Morgan fingerprint density at radius 1 is 1.39 bits per heavy atom. The van der Waals surface area contributed by atoms with E-state index in [1.165, 1.54) is 12.1 Å². The van der Waals surface area contributed by atoms with E-state index in [2.05, 4.69) is 25.8 Å². The van der Waals surface area contributed by atoms with Gasteiger partial charge in [0.1, 0.15) is 17.7 Å². The molecule has 156 valence electrons. The molecule has 1 saturated heterocycles. The van der Waals surface area contributed by atoms with Crippen LogP contribution in [0, 0.1) is 5.82 Å². The summed E-state index contributed by atoms with van der Waals surface area (Å²) < 4.78 is 19.0. The predicted molar refractivity (Wildman–Crippen MR) is 109 cm³/mol. The molecular weight excluding hydrogens is 361 g/mol. The fraction of sp³-hybridized carbons (Fsp3) is 0.600. The second-order valence-electron chi connectivity index (χ2n) is 6.97. The maximum Gasteiger partial charge on any atom is 0.233 e. The van der Waals surface area contributed by atoms with Gasteiger partial charge in [-0.1, -0.05) is 6.07 Å². The average molecular weight is 394 g/mol. The van der Waals surface area contributed by atoms with Gasteiger partial charge >= 0.3 is 0 Å². The number of hydrogen-bond donors (Lipinski definition) is 3. The van der Waals surface area contributed by atoms with Crippen LogP contribution in [0.1, 0.15) is 26.7 Å². The summed E-state index contributed by atoms with van der Waals surface area (Å²) in [5, 5.41) is 9.39. The molecule has 1 unspecified atom stereocenters. The number of piperidine rings is 1. The number of rotatable bonds is 8. The highest BCUT2D eigenvalue weighted by Crippen LogP contribution is 2.14. The van der Waals surface area contributed by atoms with Crippen molar-refractivity contribution in [3.8, 4) is 5.75 Å². The van der Waals surface area contributed by atoms with Crippen molar-refractivity contribution >= 4 is 11.9 Å². The van der Waals surface area contributed by atoms with Crippen LogP contribution in [0.5, 0.6) is 5.75 Å². The summed E-state index contributed by atoms with van der Waals surface area (Å²) in [5.74, 6) is 0.991. The van der Waals surface area contributed by atoms with Crippen LogP contribution >= 0.6 is 0 Å². The van der Waals surface area contributed by atoms with E-state index in [4.69, 9.17) is 4.74 Å². The third kappa shape index (κ3) is 7.72. The van der Waals surface area contributed by atoms with Crippen LogP contribution in [0.3, 0.4) is 0 Å². The highest BCUT2D eigenvalue weighted by atomic mass is 19.1. The number of halogens is 1. The monoisotopic (exact) mass is 393 g/mol. The Bertz CT molecular complexity index is 647. The largest absolute Gasteiger partial charge is 0.489 e. The van der Waals surface area contributed by atoms with E-state index < -0.39 is 0 Å². The van der Waals surface area contributed by atoms with Crippen molar-refractivity contribution in [3.63, 3.8) is 0 Å². The standard InChI is InChI=1S/C20H32FN5O2/c1-4-23-20(24-13-15(2)28-18-7-5-6-16(21)12-18)25-17-8-10-26(11-9-17)14-19(27)22-3/h5-7,12,15,17H,4,8-11,13-14H2,1-3H3,(H,22,27)(H2,23,24,25). The lowest BCUT2D eigenvalue weighted by Crippen LogP contribution is -2.50. The van der Waals surface area contributed by atoms with Gasteiger partial charge in [0.25, 0.3) is 0 Å². The van der Waals surface area contributed by atoms with Gasteiger partial charge in [-0.25, -0.2) is 9.38 Å². The van der Waals surface area contributed by atoms with Gasteiger partial charge in [-0.3, -0.25) is 9.69 Å². The van der Waals surface area contributed by atoms with E-state index >= 15 is 0 Å². The van der Waals surface area contributed by atoms with Crippen molar-refractivity contribution in [2.45, 2.75) is 38.8 Å². The predicted octanol–water partition coefficient (Wildman–Crippen LogP) is 1.36. The lowest BCUT2D eigenvalue weighted by atomic mass is 10.1. The average Bonchev–Trinajstić information content (AvgIpc) is 2.67. The summed E-state index contributed by atoms with van der Waals surface area (Å²) in [7, 11) is 1.66. The number of aliphatic imine (C=N–C) groups is 1. The minimum Gasteiger partial charge on any atom is -0.489 e. The quantitative estimate of drug-likeness (QED) is 0.459. The number of carbonyl (C=O) groups is 1. The molecule has 0 radical (unpaired) electrons. The number of likely N-dealkylation sites (tertiary alicyclic amines) is 1. The fourth-order valence-corrected chi connectivity index (χ4v) is 3.06. The van der Waals surface area contributed by atoms with Crippen LogP contribution in [0.2, 0.25) is 0 Å². The van der Waals surface area contributed by atoms with Gasteiger partial charge in [0.05, 0.1) is 13.1 Å². The number of amides is 1. The van der Waals surface area contributed by atoms with Gasteiger partial charge in [0.15, 0.2) is 5.96 Å². The second-order valence-corrected chi connectivity index (χ2v) is 6.97. The van der Waals surface area contributed by atoms with Gasteiger partial charge in [-0.05, 0) is 38.8 Å². The minimum absolute atomic E-state index is 0.0496. The highest BCUT2D eigenvalue weighted by Gasteiger charge is 2.21. The Labute approximate surface area is 166 Å². The Hall–Kier alpha value is -2.35. The first-order valence-corrected chi connectivity index (χ1v) is 9.90. The zero-order valence-electron chi connectivity index (χ0n) is 17.0. The summed E-state index contributed by atoms with van der Waals surface area (Å²) in [6.45, 7) is 7.37. The van der Waals surface area contributed by atoms with Gasteiger partial charge in [-0.15, -0.1) is 0 Å². The molecule has 1 heterocycles. The van der Waals surface area contributed by atoms with Crippen LogP contribution in [0.15, 0.2) is 29.3 Å². The molecular formula is C20H32FN5O2. The van der Waals surface area contributed by atoms with Crippen molar-refractivity contribution in [2.75, 3.05) is 39.8 Å². The number of benzene rings is 1. The van der Waals surface area contributed by atoms with Crippen LogP contribution in [0.25, 0.3) is 0 Å². The van der Waals surface area contributed by atoms with Crippen molar-refractivity contribution in [2.24, 2.45) is 4.99 Å². The summed E-state index contributed by atoms with van der Waals surface area (Å²) in [6.07, 6.45) is 1.74. The van der Waals surface area contributed by atoms with E-state index in [0.717, 1.165) is 38.4 Å². The molecule has 0 spiro atoms. The summed E-state index contributed by atoms with van der Waals surface area (Å²) in [5.41, 5.74) is 0. The molecule has 1 aliphatic heterocycles. The fourth-order valence-electron chi connectivity index (χ4n) is 3.06. The van der Waals surface area contributed by atoms with Crippen LogP contribution < -0.4 is 20.7 Å². The zero-order valence-corrected chi connectivity index (χ0v) is 17.0. The minimum atomic E-state index is -0.314. The summed E-state index contributed by atoms with van der Waals surface area (Å²) >= 11 is 0. The lowest BCUT2D eigenvalue weighted by Gasteiger charge is -2.32. The van der Waals surface area contributed by atoms with E-state index in [9.17, 15) is 9.18 Å². The first kappa shape index (κ1) is 21.9. The molecule has 1 aliphatic rings. The van der Waals surface area contributed by atoms with E-state index in [1.54, 1.807) is 19.2 Å². The molecule has 1 amide bonds. The molecule has 8 heteroatoms. The van der Waals surface area contributed by atoms with Crippen molar-refractivity contribution in [1.82, 2.24) is 20.9 Å². The number of guanidine groups is 1. The topological polar surface area (TPSA) is 78.0 Å². The van der Waals surface area contributed by atoms with Crippen LogP contribution in [-0.4, -0.2) is 68.7 Å². The molecule has 0 aromatic heterocycles. The molecule has 0 aliphatic carbocycles. The van der Waals surface area contributed by atoms with E-state index in [0.29, 0.717) is 24.9 Å². The SMILES string of the molecule is CCNC(=NCC(C)Oc1cccc(F)c1)NC1CCN(CC(=O)NC)CC1.